The van der Waals surface area contributed by atoms with Gasteiger partial charge in [0, 0.05) is 49.5 Å². The van der Waals surface area contributed by atoms with E-state index < -0.39 is 0 Å². The number of rotatable bonds is 2. The van der Waals surface area contributed by atoms with E-state index in [2.05, 4.69) is 5.32 Å². The van der Waals surface area contributed by atoms with Gasteiger partial charge in [0.15, 0.2) is 0 Å². The van der Waals surface area contributed by atoms with Gasteiger partial charge in [-0.2, -0.15) is 11.8 Å². The first-order chi connectivity index (χ1) is 10.3. The summed E-state index contributed by atoms with van der Waals surface area (Å²) in [5.74, 6) is 3.65. The second-order valence-electron chi connectivity index (χ2n) is 5.78. The molecular formula is C14H24ClN3O2S2. The van der Waals surface area contributed by atoms with Gasteiger partial charge < -0.3 is 15.1 Å². The highest BCUT2D eigenvalue weighted by Crippen LogP contribution is 2.27. The molecule has 3 rings (SSSR count). The van der Waals surface area contributed by atoms with E-state index in [1.807, 2.05) is 21.6 Å². The number of piperidine rings is 1. The van der Waals surface area contributed by atoms with Crippen molar-refractivity contribution in [3.8, 4) is 0 Å². The minimum atomic E-state index is 0. The molecule has 0 aromatic heterocycles. The minimum Gasteiger partial charge on any atom is -0.340 e. The normalized spacial score (nSPS) is 29.9. The molecule has 3 aliphatic rings. The average molecular weight is 366 g/mol. The van der Waals surface area contributed by atoms with Crippen LogP contribution in [0, 0.1) is 0 Å². The maximum Gasteiger partial charge on any atom is 0.236 e. The third kappa shape index (κ3) is 4.24. The summed E-state index contributed by atoms with van der Waals surface area (Å²) in [7, 11) is 0. The second-order valence-corrected chi connectivity index (χ2v) is 8.24. The molecule has 126 valence electrons. The molecule has 2 amide bonds. The van der Waals surface area contributed by atoms with Gasteiger partial charge in [0.25, 0.3) is 0 Å². The van der Waals surface area contributed by atoms with Crippen molar-refractivity contribution in [3.63, 3.8) is 0 Å². The molecule has 8 heteroatoms. The molecule has 2 unspecified atom stereocenters. The highest BCUT2D eigenvalue weighted by Gasteiger charge is 2.34. The lowest BCUT2D eigenvalue weighted by Crippen LogP contribution is -2.58. The van der Waals surface area contributed by atoms with E-state index in [0.29, 0.717) is 12.5 Å². The van der Waals surface area contributed by atoms with Gasteiger partial charge in [-0.1, -0.05) is 0 Å². The van der Waals surface area contributed by atoms with Gasteiger partial charge in [-0.05, 0) is 12.8 Å². The highest BCUT2D eigenvalue weighted by molar-refractivity contribution is 8.07. The lowest BCUT2D eigenvalue weighted by molar-refractivity contribution is -0.140. The van der Waals surface area contributed by atoms with Gasteiger partial charge in [-0.25, -0.2) is 0 Å². The van der Waals surface area contributed by atoms with E-state index in [0.717, 1.165) is 56.3 Å². The molecule has 1 N–H and O–H groups in total. The van der Waals surface area contributed by atoms with E-state index >= 15 is 0 Å². The van der Waals surface area contributed by atoms with E-state index in [9.17, 15) is 9.59 Å². The van der Waals surface area contributed by atoms with Gasteiger partial charge in [0.1, 0.15) is 0 Å². The number of nitrogens with zero attached hydrogens (tertiary/aromatic N) is 2. The smallest absolute Gasteiger partial charge is 0.236 e. The zero-order valence-electron chi connectivity index (χ0n) is 12.7. The summed E-state index contributed by atoms with van der Waals surface area (Å²) in [6.07, 6.45) is 2.04. The van der Waals surface area contributed by atoms with Crippen LogP contribution in [0.2, 0.25) is 0 Å². The third-order valence-electron chi connectivity index (χ3n) is 4.37. The Labute approximate surface area is 146 Å². The van der Waals surface area contributed by atoms with E-state index in [4.69, 9.17) is 0 Å². The van der Waals surface area contributed by atoms with Crippen LogP contribution >= 0.6 is 35.9 Å². The summed E-state index contributed by atoms with van der Waals surface area (Å²) in [6, 6.07) is 0.221. The summed E-state index contributed by atoms with van der Waals surface area (Å²) in [4.78, 5) is 28.7. The van der Waals surface area contributed by atoms with Gasteiger partial charge in [0.05, 0.1) is 11.8 Å². The van der Waals surface area contributed by atoms with Crippen molar-refractivity contribution in [2.75, 3.05) is 50.0 Å². The highest BCUT2D eigenvalue weighted by atomic mass is 35.5. The SMILES string of the molecule is Cl.O=C(C1CSCCS1)N1CCCC(N2CCNCC2=O)C1. The summed E-state index contributed by atoms with van der Waals surface area (Å²) in [5.41, 5.74) is 0. The molecule has 0 spiro atoms. The standard InChI is InChI=1S/C14H23N3O2S2.ClH/c18-13-8-15-3-5-17(13)11-2-1-4-16(9-11)14(19)12-10-20-6-7-21-12;/h11-12,15H,1-10H2;1H. The first-order valence-corrected chi connectivity index (χ1v) is 9.94. The zero-order chi connectivity index (χ0) is 14.7. The summed E-state index contributed by atoms with van der Waals surface area (Å²) in [5, 5.41) is 3.24. The molecule has 0 aliphatic carbocycles. The molecule has 5 nitrogen and oxygen atoms in total. The fraction of sp³-hybridized carbons (Fsp3) is 0.857. The summed E-state index contributed by atoms with van der Waals surface area (Å²) < 4.78 is 0. The Balaban J connectivity index is 0.00000176. The number of nitrogens with one attached hydrogen (secondary N) is 1. The van der Waals surface area contributed by atoms with Crippen LogP contribution in [0.3, 0.4) is 0 Å². The van der Waals surface area contributed by atoms with Crippen molar-refractivity contribution >= 4 is 47.7 Å². The molecule has 3 saturated heterocycles. The van der Waals surface area contributed by atoms with Gasteiger partial charge in [0.2, 0.25) is 11.8 Å². The van der Waals surface area contributed by atoms with Crippen LogP contribution in [0.15, 0.2) is 0 Å². The number of thioether (sulfide) groups is 2. The number of likely N-dealkylation sites (tertiary alicyclic amines) is 1. The first-order valence-electron chi connectivity index (χ1n) is 7.74. The minimum absolute atomic E-state index is 0. The fourth-order valence-corrected chi connectivity index (χ4v) is 5.88. The van der Waals surface area contributed by atoms with Crippen LogP contribution in [0.25, 0.3) is 0 Å². The monoisotopic (exact) mass is 365 g/mol. The molecule has 22 heavy (non-hydrogen) atoms. The molecule has 3 fully saturated rings. The third-order valence-corrected chi connectivity index (χ3v) is 7.11. The van der Waals surface area contributed by atoms with Crippen molar-refractivity contribution in [3.05, 3.63) is 0 Å². The van der Waals surface area contributed by atoms with E-state index in [1.165, 1.54) is 0 Å². The summed E-state index contributed by atoms with van der Waals surface area (Å²) >= 11 is 3.68. The van der Waals surface area contributed by atoms with Crippen LogP contribution < -0.4 is 5.32 Å². The number of halogens is 1. The largest absolute Gasteiger partial charge is 0.340 e. The zero-order valence-corrected chi connectivity index (χ0v) is 15.1. The Kier molecular flexibility index (Phi) is 7.18. The van der Waals surface area contributed by atoms with Crippen LogP contribution in [0.1, 0.15) is 12.8 Å². The molecule has 0 aromatic carbocycles. The molecule has 0 radical (unpaired) electrons. The van der Waals surface area contributed by atoms with Crippen molar-refractivity contribution in [2.45, 2.75) is 24.1 Å². The Bertz CT molecular complexity index is 408. The average Bonchev–Trinajstić information content (AvgIpc) is 2.55. The van der Waals surface area contributed by atoms with Crippen LogP contribution in [-0.4, -0.2) is 82.9 Å². The fourth-order valence-electron chi connectivity index (χ4n) is 3.25. The number of amides is 2. The van der Waals surface area contributed by atoms with Crippen LogP contribution in [0.4, 0.5) is 0 Å². The molecule has 3 heterocycles. The Morgan fingerprint density at radius 3 is 2.86 bits per heavy atom. The lowest BCUT2D eigenvalue weighted by Gasteiger charge is -2.42. The molecule has 0 bridgehead atoms. The van der Waals surface area contributed by atoms with Gasteiger partial charge in [-0.15, -0.1) is 24.2 Å². The second kappa shape index (κ2) is 8.66. The molecular weight excluding hydrogens is 342 g/mol. The van der Waals surface area contributed by atoms with Gasteiger partial charge in [-0.3, -0.25) is 9.59 Å². The maximum atomic E-state index is 12.6. The van der Waals surface area contributed by atoms with Crippen molar-refractivity contribution in [1.82, 2.24) is 15.1 Å². The topological polar surface area (TPSA) is 52.7 Å². The van der Waals surface area contributed by atoms with Crippen molar-refractivity contribution < 1.29 is 9.59 Å². The van der Waals surface area contributed by atoms with Crippen molar-refractivity contribution in [2.24, 2.45) is 0 Å². The number of hydrogen-bond donors (Lipinski definition) is 1. The Morgan fingerprint density at radius 1 is 1.27 bits per heavy atom. The maximum absolute atomic E-state index is 12.6. The molecule has 0 saturated carbocycles. The first kappa shape index (κ1) is 18.2. The molecule has 2 atom stereocenters. The van der Waals surface area contributed by atoms with Crippen LogP contribution in [-0.2, 0) is 9.59 Å². The number of carbonyl (C=O) groups is 2. The number of piperazine rings is 1. The van der Waals surface area contributed by atoms with Crippen molar-refractivity contribution in [1.29, 1.82) is 0 Å². The number of carbonyl (C=O) groups excluding carboxylic acids is 2. The predicted octanol–water partition coefficient (Wildman–Crippen LogP) is 0.680. The predicted molar refractivity (Wildman–Crippen MR) is 95.0 cm³/mol. The molecule has 0 aromatic rings. The van der Waals surface area contributed by atoms with E-state index in [1.54, 1.807) is 11.8 Å². The Morgan fingerprint density at radius 2 is 2.14 bits per heavy atom. The lowest BCUT2D eigenvalue weighted by atomic mass is 10.0. The Hall–Kier alpha value is -0.110. The quantitative estimate of drug-likeness (QED) is 0.780. The van der Waals surface area contributed by atoms with Crippen LogP contribution in [0.5, 0.6) is 0 Å². The van der Waals surface area contributed by atoms with Gasteiger partial charge >= 0.3 is 0 Å². The van der Waals surface area contributed by atoms with E-state index in [-0.39, 0.29) is 29.6 Å². The molecule has 3 aliphatic heterocycles. The number of hydrogen-bond acceptors (Lipinski definition) is 5. The summed E-state index contributed by atoms with van der Waals surface area (Å²) in [6.45, 7) is 3.67.